The molecular weight excluding hydrogens is 194 g/mol. The molecule has 0 spiro atoms. The summed E-state index contributed by atoms with van der Waals surface area (Å²) in [4.78, 5) is 0. The molecule has 0 amide bonds. The summed E-state index contributed by atoms with van der Waals surface area (Å²) in [5.74, 6) is 0. The Bertz CT molecular complexity index is 301. The van der Waals surface area contributed by atoms with E-state index in [9.17, 15) is 0 Å². The van der Waals surface area contributed by atoms with Crippen molar-refractivity contribution in [2.75, 3.05) is 14.1 Å². The van der Waals surface area contributed by atoms with E-state index in [1.165, 1.54) is 17.2 Å². The van der Waals surface area contributed by atoms with Crippen LogP contribution in [-0.2, 0) is 0 Å². The van der Waals surface area contributed by atoms with Gasteiger partial charge in [0.05, 0.1) is 0 Å². The normalized spacial score (nSPS) is 8.50. The number of rotatable bonds is 0. The lowest BCUT2D eigenvalue weighted by Gasteiger charge is -1.92. The first-order chi connectivity index (χ1) is 7.79. The highest BCUT2D eigenvalue weighted by molar-refractivity contribution is 5.81. The number of fused-ring (bicyclic) bond motifs is 1. The predicted molar refractivity (Wildman–Crippen MR) is 74.9 cm³/mol. The summed E-state index contributed by atoms with van der Waals surface area (Å²) in [6.45, 7) is 4.25. The van der Waals surface area contributed by atoms with Crippen LogP contribution in [0, 0.1) is 0 Å². The van der Waals surface area contributed by atoms with Crippen LogP contribution < -0.4 is 5.32 Å². The molecule has 0 aromatic heterocycles. The molecule has 2 aromatic carbocycles. The number of hydrogen-bond donors (Lipinski definition) is 1. The number of benzene rings is 2. The highest BCUT2D eigenvalue weighted by atomic mass is 14.7. The van der Waals surface area contributed by atoms with Gasteiger partial charge in [-0.2, -0.15) is 0 Å². The van der Waals surface area contributed by atoms with E-state index in [1.54, 1.807) is 0 Å². The second-order valence-corrected chi connectivity index (χ2v) is 3.55. The third-order valence-corrected chi connectivity index (χ3v) is 1.66. The third-order valence-electron chi connectivity index (χ3n) is 1.66. The van der Waals surface area contributed by atoms with Crippen molar-refractivity contribution in [3.8, 4) is 0 Å². The highest BCUT2D eigenvalue weighted by Gasteiger charge is 1.85. The molecule has 2 rings (SSSR count). The summed E-state index contributed by atoms with van der Waals surface area (Å²) in [5, 5.41) is 5.37. The zero-order valence-corrected chi connectivity index (χ0v) is 10.8. The zero-order chi connectivity index (χ0) is 12.2. The second-order valence-electron chi connectivity index (χ2n) is 3.55. The molecule has 0 atom stereocenters. The van der Waals surface area contributed by atoms with Gasteiger partial charge in [0.2, 0.25) is 0 Å². The molecule has 2 aromatic rings. The van der Waals surface area contributed by atoms with Crippen LogP contribution >= 0.6 is 0 Å². The van der Waals surface area contributed by atoms with Gasteiger partial charge in [0, 0.05) is 0 Å². The first-order valence-corrected chi connectivity index (χ1v) is 5.82. The van der Waals surface area contributed by atoms with Crippen LogP contribution in [0.2, 0.25) is 0 Å². The van der Waals surface area contributed by atoms with Crippen molar-refractivity contribution in [1.82, 2.24) is 5.32 Å². The van der Waals surface area contributed by atoms with Gasteiger partial charge in [-0.1, -0.05) is 68.8 Å². The van der Waals surface area contributed by atoms with Crippen LogP contribution in [0.5, 0.6) is 0 Å². The van der Waals surface area contributed by atoms with Crippen molar-refractivity contribution in [3.05, 3.63) is 48.5 Å². The van der Waals surface area contributed by atoms with Crippen molar-refractivity contribution in [2.45, 2.75) is 20.3 Å². The van der Waals surface area contributed by atoms with Gasteiger partial charge in [-0.05, 0) is 24.9 Å². The smallest absolute Gasteiger partial charge is 0.0167 e. The molecular formula is C15H23N. The minimum absolute atomic E-state index is 1.25. The lowest BCUT2D eigenvalue weighted by molar-refractivity contribution is 1.02. The maximum absolute atomic E-state index is 2.75. The van der Waals surface area contributed by atoms with E-state index in [4.69, 9.17) is 0 Å². The number of hydrogen-bond acceptors (Lipinski definition) is 1. The van der Waals surface area contributed by atoms with Gasteiger partial charge in [0.25, 0.3) is 0 Å². The summed E-state index contributed by atoms with van der Waals surface area (Å²) < 4.78 is 0. The largest absolute Gasteiger partial charge is 0.323 e. The minimum Gasteiger partial charge on any atom is -0.323 e. The molecule has 0 aliphatic carbocycles. The van der Waals surface area contributed by atoms with Crippen molar-refractivity contribution in [1.29, 1.82) is 0 Å². The molecule has 0 fully saturated rings. The average Bonchev–Trinajstić information content (AvgIpc) is 2.31. The quantitative estimate of drug-likeness (QED) is 0.701. The molecule has 1 heteroatoms. The Labute approximate surface area is 99.5 Å². The molecule has 1 nitrogen and oxygen atoms in total. The Morgan fingerprint density at radius 2 is 0.938 bits per heavy atom. The molecule has 88 valence electrons. The Morgan fingerprint density at radius 1 is 0.750 bits per heavy atom. The molecule has 0 aliphatic rings. The Balaban J connectivity index is 0.000000321. The fraction of sp³-hybridized carbons (Fsp3) is 0.333. The van der Waals surface area contributed by atoms with Crippen LogP contribution in [0.15, 0.2) is 48.5 Å². The summed E-state index contributed by atoms with van der Waals surface area (Å²) in [6, 6.07) is 16.7. The third kappa shape index (κ3) is 6.20. The molecule has 0 bridgehead atoms. The Morgan fingerprint density at radius 3 is 1.12 bits per heavy atom. The molecule has 0 heterocycles. The van der Waals surface area contributed by atoms with Gasteiger partial charge in [0.1, 0.15) is 0 Å². The fourth-order valence-corrected chi connectivity index (χ4v) is 1.13. The maximum Gasteiger partial charge on any atom is -0.0167 e. The van der Waals surface area contributed by atoms with Crippen molar-refractivity contribution in [3.63, 3.8) is 0 Å². The number of nitrogens with one attached hydrogen (secondary N) is 1. The monoisotopic (exact) mass is 217 g/mol. The zero-order valence-electron chi connectivity index (χ0n) is 10.8. The molecule has 16 heavy (non-hydrogen) atoms. The van der Waals surface area contributed by atoms with Gasteiger partial charge in [-0.3, -0.25) is 0 Å². The van der Waals surface area contributed by atoms with Crippen molar-refractivity contribution < 1.29 is 0 Å². The average molecular weight is 217 g/mol. The molecule has 0 saturated heterocycles. The molecule has 0 saturated carbocycles. The summed E-state index contributed by atoms with van der Waals surface area (Å²) in [5.41, 5.74) is 0. The van der Waals surface area contributed by atoms with Gasteiger partial charge in [-0.15, -0.1) is 0 Å². The van der Waals surface area contributed by atoms with Crippen LogP contribution in [0.4, 0.5) is 0 Å². The Hall–Kier alpha value is -1.34. The van der Waals surface area contributed by atoms with E-state index in [2.05, 4.69) is 67.7 Å². The first-order valence-electron chi connectivity index (χ1n) is 5.82. The van der Waals surface area contributed by atoms with Crippen molar-refractivity contribution >= 4 is 10.8 Å². The topological polar surface area (TPSA) is 12.0 Å². The van der Waals surface area contributed by atoms with Crippen molar-refractivity contribution in [2.24, 2.45) is 0 Å². The molecule has 0 radical (unpaired) electrons. The second kappa shape index (κ2) is 10.2. The molecule has 1 N–H and O–H groups in total. The standard InChI is InChI=1S/C10H8.C3H8.C2H7N/c1-2-6-10-8-4-3-7-9(10)5-1;2*1-3-2/h1-8H;3H2,1-2H3;3H,1-2H3. The van der Waals surface area contributed by atoms with E-state index < -0.39 is 0 Å². The van der Waals surface area contributed by atoms with E-state index in [0.29, 0.717) is 0 Å². The molecule has 0 aliphatic heterocycles. The van der Waals surface area contributed by atoms with E-state index in [-0.39, 0.29) is 0 Å². The SMILES string of the molecule is CCC.CNC.c1ccc2ccccc2c1. The minimum atomic E-state index is 1.25. The lowest BCUT2D eigenvalue weighted by atomic mass is 10.1. The molecule has 0 unspecified atom stereocenters. The van der Waals surface area contributed by atoms with E-state index in [1.807, 2.05) is 14.1 Å². The van der Waals surface area contributed by atoms with Crippen LogP contribution in [0.3, 0.4) is 0 Å². The van der Waals surface area contributed by atoms with Crippen LogP contribution in [0.25, 0.3) is 10.8 Å². The van der Waals surface area contributed by atoms with E-state index in [0.717, 1.165) is 0 Å². The Kier molecular flexibility index (Phi) is 9.33. The lowest BCUT2D eigenvalue weighted by Crippen LogP contribution is -1.89. The van der Waals surface area contributed by atoms with Crippen LogP contribution in [-0.4, -0.2) is 14.1 Å². The summed E-state index contributed by atoms with van der Waals surface area (Å²) in [6.07, 6.45) is 1.25. The van der Waals surface area contributed by atoms with E-state index >= 15 is 0 Å². The van der Waals surface area contributed by atoms with Gasteiger partial charge >= 0.3 is 0 Å². The fourth-order valence-electron chi connectivity index (χ4n) is 1.13. The highest BCUT2D eigenvalue weighted by Crippen LogP contribution is 2.11. The predicted octanol–water partition coefficient (Wildman–Crippen LogP) is 4.09. The summed E-state index contributed by atoms with van der Waals surface area (Å²) >= 11 is 0. The summed E-state index contributed by atoms with van der Waals surface area (Å²) in [7, 11) is 3.75. The maximum atomic E-state index is 2.75. The van der Waals surface area contributed by atoms with Gasteiger partial charge < -0.3 is 5.32 Å². The first kappa shape index (κ1) is 14.7. The van der Waals surface area contributed by atoms with Crippen LogP contribution in [0.1, 0.15) is 20.3 Å². The van der Waals surface area contributed by atoms with Gasteiger partial charge in [0.15, 0.2) is 0 Å². The van der Waals surface area contributed by atoms with Gasteiger partial charge in [-0.25, -0.2) is 0 Å².